The molecule has 4 nitrogen and oxygen atoms in total. The van der Waals surface area contributed by atoms with Crippen molar-refractivity contribution in [1.82, 2.24) is 0 Å². The summed E-state index contributed by atoms with van der Waals surface area (Å²) in [5.41, 5.74) is 0. The molecule has 0 spiro atoms. The van der Waals surface area contributed by atoms with E-state index >= 15 is 0 Å². The van der Waals surface area contributed by atoms with E-state index in [1.807, 2.05) is 6.92 Å². The topological polar surface area (TPSA) is 77.4 Å². The fraction of sp³-hybridized carbons (Fsp3) is 1.00. The zero-order valence-corrected chi connectivity index (χ0v) is 14.5. The summed E-state index contributed by atoms with van der Waals surface area (Å²) < 4.78 is 31.0. The maximum atomic E-state index is 10.3. The monoisotopic (exact) mass is 288 g/mol. The Balaban J connectivity index is 0. The first-order valence-electron chi connectivity index (χ1n) is 6.53. The molecule has 0 aliphatic rings. The van der Waals surface area contributed by atoms with E-state index in [9.17, 15) is 13.0 Å². The zero-order valence-electron chi connectivity index (χ0n) is 11.7. The minimum Gasteiger partial charge on any atom is -0.748 e. The summed E-state index contributed by atoms with van der Waals surface area (Å²) in [5, 5.41) is 9.04. The standard InChI is InChI=1S/C12H26O4S.Na/c1-12(13)10-8-6-4-2-3-5-7-9-11-17(14,15)16;/h12-13H,2-11H2,1H3,(H,14,15,16);/q;+1/p-1. The molecular formula is C12H25NaO4S. The van der Waals surface area contributed by atoms with Gasteiger partial charge in [-0.25, -0.2) is 8.42 Å². The molecule has 1 atom stereocenters. The average Bonchev–Trinajstić information content (AvgIpc) is 2.18. The first kappa shape index (κ1) is 21.2. The van der Waals surface area contributed by atoms with Gasteiger partial charge in [0, 0.05) is 5.75 Å². The molecule has 0 saturated carbocycles. The van der Waals surface area contributed by atoms with Crippen LogP contribution in [0.25, 0.3) is 0 Å². The molecule has 0 fully saturated rings. The van der Waals surface area contributed by atoms with E-state index < -0.39 is 10.1 Å². The Morgan fingerprint density at radius 1 is 0.944 bits per heavy atom. The van der Waals surface area contributed by atoms with Gasteiger partial charge >= 0.3 is 29.6 Å². The molecule has 0 amide bonds. The molecule has 0 aromatic heterocycles. The maximum Gasteiger partial charge on any atom is 1.00 e. The summed E-state index contributed by atoms with van der Waals surface area (Å²) in [6.07, 6.45) is 8.68. The number of aliphatic hydroxyl groups is 1. The molecule has 0 aromatic carbocycles. The van der Waals surface area contributed by atoms with Gasteiger partial charge in [0.2, 0.25) is 0 Å². The van der Waals surface area contributed by atoms with Gasteiger partial charge in [-0.3, -0.25) is 0 Å². The Labute approximate surface area is 134 Å². The molecule has 0 heterocycles. The van der Waals surface area contributed by atoms with Crippen molar-refractivity contribution in [3.8, 4) is 0 Å². The predicted octanol–water partition coefficient (Wildman–Crippen LogP) is -0.573. The minimum atomic E-state index is -4.01. The summed E-state index contributed by atoms with van der Waals surface area (Å²) >= 11 is 0. The van der Waals surface area contributed by atoms with Gasteiger partial charge in [-0.15, -0.1) is 0 Å². The molecule has 0 bridgehead atoms. The molecule has 0 aromatic rings. The first-order chi connectivity index (χ1) is 7.92. The number of hydrogen-bond donors (Lipinski definition) is 1. The van der Waals surface area contributed by atoms with Crippen LogP contribution in [-0.2, 0) is 10.1 Å². The second-order valence-electron chi connectivity index (χ2n) is 4.73. The normalized spacial score (nSPS) is 13.1. The van der Waals surface area contributed by atoms with Crippen LogP contribution in [0, 0.1) is 0 Å². The summed E-state index contributed by atoms with van der Waals surface area (Å²) in [7, 11) is -4.01. The van der Waals surface area contributed by atoms with Crippen LogP contribution in [0.4, 0.5) is 0 Å². The maximum absolute atomic E-state index is 10.3. The second-order valence-corrected chi connectivity index (χ2v) is 6.25. The average molecular weight is 288 g/mol. The van der Waals surface area contributed by atoms with Gasteiger partial charge in [0.25, 0.3) is 0 Å². The van der Waals surface area contributed by atoms with Gasteiger partial charge in [0.05, 0.1) is 16.2 Å². The Morgan fingerprint density at radius 3 is 1.72 bits per heavy atom. The van der Waals surface area contributed by atoms with Crippen LogP contribution < -0.4 is 29.6 Å². The van der Waals surface area contributed by atoms with Crippen molar-refractivity contribution in [3.63, 3.8) is 0 Å². The number of rotatable bonds is 11. The molecule has 0 radical (unpaired) electrons. The molecule has 0 rings (SSSR count). The minimum absolute atomic E-state index is 0. The van der Waals surface area contributed by atoms with Crippen molar-refractivity contribution >= 4 is 10.1 Å². The van der Waals surface area contributed by atoms with Gasteiger partial charge in [0.15, 0.2) is 0 Å². The Morgan fingerprint density at radius 2 is 1.33 bits per heavy atom. The molecule has 6 heteroatoms. The van der Waals surface area contributed by atoms with Crippen LogP contribution in [-0.4, -0.2) is 29.9 Å². The van der Waals surface area contributed by atoms with Gasteiger partial charge in [-0.1, -0.05) is 44.9 Å². The third kappa shape index (κ3) is 19.2. The van der Waals surface area contributed by atoms with Crippen LogP contribution in [0.15, 0.2) is 0 Å². The van der Waals surface area contributed by atoms with Gasteiger partial charge in [-0.05, 0) is 19.8 Å². The summed E-state index contributed by atoms with van der Waals surface area (Å²) in [5.74, 6) is -0.221. The summed E-state index contributed by atoms with van der Waals surface area (Å²) in [6, 6.07) is 0. The van der Waals surface area contributed by atoms with Crippen molar-refractivity contribution < 1.29 is 47.6 Å². The fourth-order valence-electron chi connectivity index (χ4n) is 1.78. The molecular weight excluding hydrogens is 263 g/mol. The quantitative estimate of drug-likeness (QED) is 0.314. The van der Waals surface area contributed by atoms with Crippen molar-refractivity contribution in [1.29, 1.82) is 0 Å². The Bertz CT molecular complexity index is 265. The van der Waals surface area contributed by atoms with E-state index in [-0.39, 0.29) is 41.4 Å². The molecule has 1 unspecified atom stereocenters. The largest absolute Gasteiger partial charge is 1.00 e. The van der Waals surface area contributed by atoms with Crippen LogP contribution in [0.2, 0.25) is 0 Å². The molecule has 0 saturated heterocycles. The number of aliphatic hydroxyl groups excluding tert-OH is 1. The Kier molecular flexibility index (Phi) is 15.2. The zero-order chi connectivity index (χ0) is 13.1. The second kappa shape index (κ2) is 12.9. The summed E-state index contributed by atoms with van der Waals surface area (Å²) in [4.78, 5) is 0. The van der Waals surface area contributed by atoms with Crippen LogP contribution in [0.3, 0.4) is 0 Å². The van der Waals surface area contributed by atoms with Crippen molar-refractivity contribution in [2.45, 2.75) is 70.8 Å². The number of unbranched alkanes of at least 4 members (excludes halogenated alkanes) is 7. The van der Waals surface area contributed by atoms with E-state index in [0.29, 0.717) is 6.42 Å². The molecule has 104 valence electrons. The van der Waals surface area contributed by atoms with E-state index in [1.165, 1.54) is 6.42 Å². The Hall–Kier alpha value is 0.870. The van der Waals surface area contributed by atoms with Crippen molar-refractivity contribution in [2.24, 2.45) is 0 Å². The van der Waals surface area contributed by atoms with E-state index in [4.69, 9.17) is 5.11 Å². The molecule has 0 aliphatic carbocycles. The SMILES string of the molecule is CC(O)CCCCCCCCCCS(=O)(=O)[O-].[Na+]. The van der Waals surface area contributed by atoms with Crippen molar-refractivity contribution in [3.05, 3.63) is 0 Å². The third-order valence-corrected chi connectivity index (χ3v) is 3.55. The van der Waals surface area contributed by atoms with Gasteiger partial charge < -0.3 is 9.66 Å². The predicted molar refractivity (Wildman–Crippen MR) is 67.8 cm³/mol. The molecule has 1 N–H and O–H groups in total. The smallest absolute Gasteiger partial charge is 0.748 e. The molecule has 0 aliphatic heterocycles. The fourth-order valence-corrected chi connectivity index (χ4v) is 2.34. The van der Waals surface area contributed by atoms with E-state index in [1.54, 1.807) is 0 Å². The van der Waals surface area contributed by atoms with Gasteiger partial charge in [0.1, 0.15) is 0 Å². The molecule has 18 heavy (non-hydrogen) atoms. The number of hydrogen-bond acceptors (Lipinski definition) is 4. The van der Waals surface area contributed by atoms with Crippen LogP contribution >= 0.6 is 0 Å². The van der Waals surface area contributed by atoms with Crippen molar-refractivity contribution in [2.75, 3.05) is 5.75 Å². The van der Waals surface area contributed by atoms with E-state index in [2.05, 4.69) is 0 Å². The van der Waals surface area contributed by atoms with Crippen LogP contribution in [0.1, 0.15) is 64.7 Å². The van der Waals surface area contributed by atoms with E-state index in [0.717, 1.165) is 44.9 Å². The van der Waals surface area contributed by atoms with Gasteiger partial charge in [-0.2, -0.15) is 0 Å². The van der Waals surface area contributed by atoms with Crippen LogP contribution in [0.5, 0.6) is 0 Å². The summed E-state index contributed by atoms with van der Waals surface area (Å²) in [6.45, 7) is 1.81. The third-order valence-electron chi connectivity index (χ3n) is 2.77. The first-order valence-corrected chi connectivity index (χ1v) is 8.11.